The largest absolute Gasteiger partial charge is 0.454 e. The molecule has 0 bridgehead atoms. The van der Waals surface area contributed by atoms with Gasteiger partial charge >= 0.3 is 0 Å². The van der Waals surface area contributed by atoms with Crippen molar-refractivity contribution in [3.05, 3.63) is 42.3 Å². The number of hydrogen-bond donors (Lipinski definition) is 2. The molecule has 0 aliphatic rings. The molecule has 7 heteroatoms. The van der Waals surface area contributed by atoms with Crippen molar-refractivity contribution in [3.63, 3.8) is 0 Å². The van der Waals surface area contributed by atoms with Gasteiger partial charge in [0.2, 0.25) is 0 Å². The molecule has 0 amide bonds. The van der Waals surface area contributed by atoms with Crippen LogP contribution in [0.25, 0.3) is 0 Å². The van der Waals surface area contributed by atoms with Crippen LogP contribution in [0.5, 0.6) is 11.5 Å². The van der Waals surface area contributed by atoms with Gasteiger partial charge in [0.15, 0.2) is 11.6 Å². The Morgan fingerprint density at radius 3 is 2.39 bits per heavy atom. The van der Waals surface area contributed by atoms with Gasteiger partial charge in [-0.25, -0.2) is 9.37 Å². The number of ether oxygens (including phenoxy) is 1. The maximum Gasteiger partial charge on any atom is 0.167 e. The highest BCUT2D eigenvalue weighted by Crippen LogP contribution is 2.26. The van der Waals surface area contributed by atoms with Gasteiger partial charge in [-0.1, -0.05) is 0 Å². The minimum atomic E-state index is -0.518. The summed E-state index contributed by atoms with van der Waals surface area (Å²) in [5.41, 5.74) is 11.2. The van der Waals surface area contributed by atoms with E-state index in [1.807, 2.05) is 0 Å². The topological polar surface area (TPSA) is 74.2 Å². The number of anilines is 2. The highest BCUT2D eigenvalue weighted by atomic mass is 35.5. The van der Waals surface area contributed by atoms with E-state index >= 15 is 0 Å². The SMILES string of the molecule is Cl.Cl.Nc1ccc(Oc2ccnc(N)c2)c(F)c1. The molecule has 2 aromatic rings. The second kappa shape index (κ2) is 6.88. The lowest BCUT2D eigenvalue weighted by molar-refractivity contribution is 0.442. The Morgan fingerprint density at radius 2 is 1.78 bits per heavy atom. The van der Waals surface area contributed by atoms with Crippen LogP contribution in [0.1, 0.15) is 0 Å². The highest BCUT2D eigenvalue weighted by molar-refractivity contribution is 5.85. The molecule has 18 heavy (non-hydrogen) atoms. The molecule has 0 aliphatic heterocycles. The maximum atomic E-state index is 13.4. The number of hydrogen-bond acceptors (Lipinski definition) is 4. The molecular weight excluding hydrogens is 280 g/mol. The third-order valence-corrected chi connectivity index (χ3v) is 1.94. The minimum absolute atomic E-state index is 0. The molecular formula is C11H12Cl2FN3O. The summed E-state index contributed by atoms with van der Waals surface area (Å²) in [4.78, 5) is 3.80. The summed E-state index contributed by atoms with van der Waals surface area (Å²) in [5, 5.41) is 0. The Kier molecular flexibility index (Phi) is 6.22. The lowest BCUT2D eigenvalue weighted by Crippen LogP contribution is -1.93. The third kappa shape index (κ3) is 3.94. The molecule has 4 nitrogen and oxygen atoms in total. The van der Waals surface area contributed by atoms with Crippen LogP contribution in [0.4, 0.5) is 15.9 Å². The van der Waals surface area contributed by atoms with Crippen LogP contribution in [-0.2, 0) is 0 Å². The van der Waals surface area contributed by atoms with E-state index in [4.69, 9.17) is 16.2 Å². The molecule has 0 fully saturated rings. The number of nitrogen functional groups attached to an aromatic ring is 2. The average Bonchev–Trinajstić information content (AvgIpc) is 2.22. The fraction of sp³-hybridized carbons (Fsp3) is 0. The van der Waals surface area contributed by atoms with Crippen LogP contribution in [0.2, 0.25) is 0 Å². The fourth-order valence-electron chi connectivity index (χ4n) is 1.22. The average molecular weight is 292 g/mol. The van der Waals surface area contributed by atoms with Crippen LogP contribution >= 0.6 is 24.8 Å². The van der Waals surface area contributed by atoms with Crippen molar-refractivity contribution >= 4 is 36.3 Å². The van der Waals surface area contributed by atoms with Gasteiger partial charge in [-0.05, 0) is 18.2 Å². The van der Waals surface area contributed by atoms with E-state index in [0.717, 1.165) is 0 Å². The smallest absolute Gasteiger partial charge is 0.167 e. The number of pyridine rings is 1. The van der Waals surface area contributed by atoms with Crippen molar-refractivity contribution in [1.29, 1.82) is 0 Å². The minimum Gasteiger partial charge on any atom is -0.454 e. The number of rotatable bonds is 2. The van der Waals surface area contributed by atoms with E-state index < -0.39 is 5.82 Å². The van der Waals surface area contributed by atoms with E-state index in [1.54, 1.807) is 12.1 Å². The van der Waals surface area contributed by atoms with Crippen LogP contribution in [0.15, 0.2) is 36.5 Å². The summed E-state index contributed by atoms with van der Waals surface area (Å²) in [5.74, 6) is 0.319. The van der Waals surface area contributed by atoms with E-state index in [-0.39, 0.29) is 30.6 Å². The first-order chi connectivity index (χ1) is 7.65. The summed E-state index contributed by atoms with van der Waals surface area (Å²) in [7, 11) is 0. The molecule has 0 spiro atoms. The molecule has 0 aliphatic carbocycles. The molecule has 0 radical (unpaired) electrons. The van der Waals surface area contributed by atoms with Crippen molar-refractivity contribution in [3.8, 4) is 11.5 Å². The zero-order chi connectivity index (χ0) is 11.5. The van der Waals surface area contributed by atoms with Gasteiger partial charge in [0.25, 0.3) is 0 Å². The fourth-order valence-corrected chi connectivity index (χ4v) is 1.22. The van der Waals surface area contributed by atoms with Crippen LogP contribution in [0.3, 0.4) is 0 Å². The van der Waals surface area contributed by atoms with Gasteiger partial charge in [-0.2, -0.15) is 0 Å². The number of nitrogens with zero attached hydrogens (tertiary/aromatic N) is 1. The standard InChI is InChI=1S/C11H10FN3O.2ClH/c12-9-5-7(13)1-2-10(9)16-8-3-4-15-11(14)6-8;;/h1-6H,13H2,(H2,14,15);2*1H. The van der Waals surface area contributed by atoms with Crippen molar-refractivity contribution in [1.82, 2.24) is 4.98 Å². The van der Waals surface area contributed by atoms with Gasteiger partial charge in [-0.3, -0.25) is 0 Å². The zero-order valence-corrected chi connectivity index (χ0v) is 10.8. The Hall–Kier alpha value is -1.72. The van der Waals surface area contributed by atoms with Gasteiger partial charge in [0, 0.05) is 24.0 Å². The van der Waals surface area contributed by atoms with Crippen LogP contribution in [-0.4, -0.2) is 4.98 Å². The van der Waals surface area contributed by atoms with Crippen molar-refractivity contribution in [2.75, 3.05) is 11.5 Å². The van der Waals surface area contributed by atoms with Crippen LogP contribution in [0, 0.1) is 5.82 Å². The predicted octanol–water partition coefficient (Wildman–Crippen LogP) is 3.02. The number of nitrogens with two attached hydrogens (primary N) is 2. The second-order valence-electron chi connectivity index (χ2n) is 3.21. The second-order valence-corrected chi connectivity index (χ2v) is 3.21. The molecule has 0 saturated carbocycles. The highest BCUT2D eigenvalue weighted by Gasteiger charge is 2.05. The molecule has 2 rings (SSSR count). The maximum absolute atomic E-state index is 13.4. The first kappa shape index (κ1) is 16.3. The van der Waals surface area contributed by atoms with Crippen molar-refractivity contribution in [2.24, 2.45) is 0 Å². The number of halogens is 3. The Balaban J connectivity index is 0.00000144. The molecule has 1 aromatic carbocycles. The monoisotopic (exact) mass is 291 g/mol. The van der Waals surface area contributed by atoms with Crippen molar-refractivity contribution < 1.29 is 9.13 Å². The molecule has 1 aromatic heterocycles. The summed E-state index contributed by atoms with van der Waals surface area (Å²) >= 11 is 0. The van der Waals surface area contributed by atoms with E-state index in [1.165, 1.54) is 24.4 Å². The van der Waals surface area contributed by atoms with E-state index in [9.17, 15) is 4.39 Å². The van der Waals surface area contributed by atoms with Gasteiger partial charge < -0.3 is 16.2 Å². The van der Waals surface area contributed by atoms with Crippen LogP contribution < -0.4 is 16.2 Å². The Morgan fingerprint density at radius 1 is 1.06 bits per heavy atom. The molecule has 1 heterocycles. The molecule has 0 unspecified atom stereocenters. The van der Waals surface area contributed by atoms with E-state index in [2.05, 4.69) is 4.98 Å². The molecule has 0 atom stereocenters. The lowest BCUT2D eigenvalue weighted by Gasteiger charge is -2.07. The molecule has 4 N–H and O–H groups in total. The van der Waals surface area contributed by atoms with Crippen molar-refractivity contribution in [2.45, 2.75) is 0 Å². The van der Waals surface area contributed by atoms with E-state index in [0.29, 0.717) is 17.3 Å². The van der Waals surface area contributed by atoms with Gasteiger partial charge in [0.1, 0.15) is 11.6 Å². The number of benzene rings is 1. The third-order valence-electron chi connectivity index (χ3n) is 1.94. The normalized spacial score (nSPS) is 8.94. The van der Waals surface area contributed by atoms with Gasteiger partial charge in [0.05, 0.1) is 0 Å². The first-order valence-corrected chi connectivity index (χ1v) is 4.59. The molecule has 98 valence electrons. The predicted molar refractivity (Wildman–Crippen MR) is 74.0 cm³/mol. The lowest BCUT2D eigenvalue weighted by atomic mass is 10.3. The Bertz CT molecular complexity index is 525. The zero-order valence-electron chi connectivity index (χ0n) is 9.17. The summed E-state index contributed by atoms with van der Waals surface area (Å²) in [6.45, 7) is 0. The first-order valence-electron chi connectivity index (χ1n) is 4.59. The number of aromatic nitrogens is 1. The summed E-state index contributed by atoms with van der Waals surface area (Å²) in [6.07, 6.45) is 1.49. The summed E-state index contributed by atoms with van der Waals surface area (Å²) < 4.78 is 18.7. The Labute approximate surface area is 116 Å². The quantitative estimate of drug-likeness (QED) is 0.834. The molecule has 0 saturated heterocycles. The summed E-state index contributed by atoms with van der Waals surface area (Å²) in [6, 6.07) is 7.31. The van der Waals surface area contributed by atoms with Gasteiger partial charge in [-0.15, -0.1) is 24.8 Å².